The van der Waals surface area contributed by atoms with Crippen LogP contribution in [0.3, 0.4) is 0 Å². The van der Waals surface area contributed by atoms with E-state index in [9.17, 15) is 4.39 Å². The molecule has 2 nitrogen and oxygen atoms in total. The molecule has 1 aliphatic rings. The molecule has 1 aliphatic carbocycles. The summed E-state index contributed by atoms with van der Waals surface area (Å²) in [5.41, 5.74) is 6.93. The van der Waals surface area contributed by atoms with Gasteiger partial charge in [0.2, 0.25) is 0 Å². The van der Waals surface area contributed by atoms with Crippen LogP contribution in [0, 0.1) is 11.7 Å². The molecule has 118 valence electrons. The third-order valence-electron chi connectivity index (χ3n) is 4.65. The Morgan fingerprint density at radius 3 is 2.86 bits per heavy atom. The van der Waals surface area contributed by atoms with Crippen molar-refractivity contribution in [2.45, 2.75) is 70.9 Å². The maximum atomic E-state index is 14.2. The van der Waals surface area contributed by atoms with Crippen LogP contribution in [0.25, 0.3) is 0 Å². The van der Waals surface area contributed by atoms with Crippen molar-refractivity contribution in [1.82, 2.24) is 0 Å². The lowest BCUT2D eigenvalue weighted by molar-refractivity contribution is 0.116. The lowest BCUT2D eigenvalue weighted by Gasteiger charge is -2.30. The molecule has 0 aromatic heterocycles. The fourth-order valence-corrected chi connectivity index (χ4v) is 3.16. The highest BCUT2D eigenvalue weighted by Crippen LogP contribution is 2.32. The van der Waals surface area contributed by atoms with Crippen LogP contribution in [0.1, 0.15) is 57.9 Å². The van der Waals surface area contributed by atoms with Crippen molar-refractivity contribution in [2.75, 3.05) is 0 Å². The van der Waals surface area contributed by atoms with Crippen LogP contribution in [-0.2, 0) is 6.42 Å². The van der Waals surface area contributed by atoms with E-state index >= 15 is 0 Å². The molecule has 0 radical (unpaired) electrons. The molecular formula is C18H28FNO. The molecule has 3 unspecified atom stereocenters. The van der Waals surface area contributed by atoms with Crippen molar-refractivity contribution in [2.24, 2.45) is 11.7 Å². The first-order chi connectivity index (χ1) is 10.1. The third kappa shape index (κ3) is 4.44. The van der Waals surface area contributed by atoms with Crippen LogP contribution >= 0.6 is 0 Å². The van der Waals surface area contributed by atoms with Crippen molar-refractivity contribution in [3.05, 3.63) is 29.6 Å². The summed E-state index contributed by atoms with van der Waals surface area (Å²) < 4.78 is 20.2. The summed E-state index contributed by atoms with van der Waals surface area (Å²) >= 11 is 0. The third-order valence-corrected chi connectivity index (χ3v) is 4.65. The van der Waals surface area contributed by atoms with Gasteiger partial charge in [0.1, 0.15) is 0 Å². The van der Waals surface area contributed by atoms with Gasteiger partial charge in [-0.3, -0.25) is 0 Å². The molecule has 1 fully saturated rings. The highest BCUT2D eigenvalue weighted by Gasteiger charge is 2.24. The Morgan fingerprint density at radius 1 is 1.33 bits per heavy atom. The number of hydrogen-bond acceptors (Lipinski definition) is 2. The van der Waals surface area contributed by atoms with Crippen LogP contribution in [0.5, 0.6) is 5.75 Å². The average Bonchev–Trinajstić information content (AvgIpc) is 2.50. The van der Waals surface area contributed by atoms with Gasteiger partial charge < -0.3 is 10.5 Å². The zero-order valence-corrected chi connectivity index (χ0v) is 13.3. The average molecular weight is 293 g/mol. The van der Waals surface area contributed by atoms with E-state index in [1.807, 2.05) is 6.07 Å². The zero-order chi connectivity index (χ0) is 15.2. The van der Waals surface area contributed by atoms with Gasteiger partial charge in [-0.2, -0.15) is 0 Å². The van der Waals surface area contributed by atoms with Crippen molar-refractivity contribution in [1.29, 1.82) is 0 Å². The van der Waals surface area contributed by atoms with Gasteiger partial charge in [0.05, 0.1) is 6.10 Å². The van der Waals surface area contributed by atoms with Crippen LogP contribution in [0.2, 0.25) is 0 Å². The molecule has 2 N–H and O–H groups in total. The van der Waals surface area contributed by atoms with Gasteiger partial charge in [-0.1, -0.05) is 38.8 Å². The monoisotopic (exact) mass is 293 g/mol. The lowest BCUT2D eigenvalue weighted by atomic mass is 9.85. The summed E-state index contributed by atoms with van der Waals surface area (Å²) in [6, 6.07) is 5.23. The minimum atomic E-state index is -0.255. The molecule has 2 rings (SSSR count). The lowest BCUT2D eigenvalue weighted by Crippen LogP contribution is -2.27. The Hall–Kier alpha value is -1.09. The Kier molecular flexibility index (Phi) is 6.04. The SMILES string of the molecule is CCC(N)Cc1cccc(F)c1OC1CCCC(CC)C1. The maximum Gasteiger partial charge on any atom is 0.165 e. The van der Waals surface area contributed by atoms with Gasteiger partial charge in [0.25, 0.3) is 0 Å². The number of rotatable bonds is 6. The first-order valence-electron chi connectivity index (χ1n) is 8.33. The second-order valence-electron chi connectivity index (χ2n) is 6.28. The summed E-state index contributed by atoms with van der Waals surface area (Å²) in [5, 5.41) is 0. The van der Waals surface area contributed by atoms with E-state index in [0.29, 0.717) is 12.2 Å². The molecule has 0 heterocycles. The van der Waals surface area contributed by atoms with Gasteiger partial charge in [0, 0.05) is 6.04 Å². The second-order valence-corrected chi connectivity index (χ2v) is 6.28. The van der Waals surface area contributed by atoms with E-state index in [-0.39, 0.29) is 18.0 Å². The zero-order valence-electron chi connectivity index (χ0n) is 13.3. The second kappa shape index (κ2) is 7.79. The van der Waals surface area contributed by atoms with Gasteiger partial charge in [-0.15, -0.1) is 0 Å². The Bertz CT molecular complexity index is 449. The van der Waals surface area contributed by atoms with Crippen molar-refractivity contribution in [3.8, 4) is 5.75 Å². The number of nitrogens with two attached hydrogens (primary N) is 1. The number of benzene rings is 1. The number of para-hydroxylation sites is 1. The smallest absolute Gasteiger partial charge is 0.165 e. The van der Waals surface area contributed by atoms with Crippen LogP contribution in [-0.4, -0.2) is 12.1 Å². The summed E-state index contributed by atoms with van der Waals surface area (Å²) in [7, 11) is 0. The Morgan fingerprint density at radius 2 is 2.14 bits per heavy atom. The van der Waals surface area contributed by atoms with E-state index in [1.165, 1.54) is 25.3 Å². The molecular weight excluding hydrogens is 265 g/mol. The van der Waals surface area contributed by atoms with Crippen LogP contribution in [0.4, 0.5) is 4.39 Å². The molecule has 0 aliphatic heterocycles. The molecule has 3 atom stereocenters. The fraction of sp³-hybridized carbons (Fsp3) is 0.667. The predicted molar refractivity (Wildman–Crippen MR) is 85.0 cm³/mol. The van der Waals surface area contributed by atoms with Crippen LogP contribution in [0.15, 0.2) is 18.2 Å². The topological polar surface area (TPSA) is 35.2 Å². The highest BCUT2D eigenvalue weighted by molar-refractivity contribution is 5.36. The van der Waals surface area contributed by atoms with Crippen LogP contribution < -0.4 is 10.5 Å². The standard InChI is InChI=1S/C18H28FNO/c1-3-13-7-5-9-16(11-13)21-18-14(12-15(20)4-2)8-6-10-17(18)19/h6,8,10,13,15-16H,3-5,7,9,11-12,20H2,1-2H3. The first-order valence-corrected chi connectivity index (χ1v) is 8.33. The summed E-state index contributed by atoms with van der Waals surface area (Å²) in [6.07, 6.45) is 7.43. The predicted octanol–water partition coefficient (Wildman–Crippen LogP) is 4.45. The quantitative estimate of drug-likeness (QED) is 0.841. The molecule has 1 aromatic carbocycles. The minimum absolute atomic E-state index is 0.0592. The molecule has 0 saturated heterocycles. The highest BCUT2D eigenvalue weighted by atomic mass is 19.1. The largest absolute Gasteiger partial charge is 0.487 e. The molecule has 21 heavy (non-hydrogen) atoms. The van der Waals surface area contributed by atoms with Gasteiger partial charge >= 0.3 is 0 Å². The number of hydrogen-bond donors (Lipinski definition) is 1. The molecule has 1 aromatic rings. The summed E-state index contributed by atoms with van der Waals surface area (Å²) in [4.78, 5) is 0. The van der Waals surface area contributed by atoms with Gasteiger partial charge in [0.15, 0.2) is 11.6 Å². The molecule has 3 heteroatoms. The molecule has 0 spiro atoms. The summed E-state index contributed by atoms with van der Waals surface area (Å²) in [6.45, 7) is 4.28. The maximum absolute atomic E-state index is 14.2. The summed E-state index contributed by atoms with van der Waals surface area (Å²) in [5.74, 6) is 0.898. The Balaban J connectivity index is 2.10. The van der Waals surface area contributed by atoms with Crippen molar-refractivity contribution >= 4 is 0 Å². The number of halogens is 1. The molecule has 1 saturated carbocycles. The van der Waals surface area contributed by atoms with Gasteiger partial charge in [-0.05, 0) is 49.7 Å². The van der Waals surface area contributed by atoms with E-state index in [0.717, 1.165) is 30.7 Å². The van der Waals surface area contributed by atoms with E-state index in [1.54, 1.807) is 6.07 Å². The van der Waals surface area contributed by atoms with E-state index in [4.69, 9.17) is 10.5 Å². The van der Waals surface area contributed by atoms with E-state index in [2.05, 4.69) is 13.8 Å². The van der Waals surface area contributed by atoms with E-state index < -0.39 is 0 Å². The normalized spacial score (nSPS) is 23.8. The first kappa shape index (κ1) is 16.3. The molecule has 0 bridgehead atoms. The van der Waals surface area contributed by atoms with Crippen molar-refractivity contribution < 1.29 is 9.13 Å². The molecule has 0 amide bonds. The van der Waals surface area contributed by atoms with Gasteiger partial charge in [-0.25, -0.2) is 4.39 Å². The Labute approximate surface area is 127 Å². The number of ether oxygens (including phenoxy) is 1. The fourth-order valence-electron chi connectivity index (χ4n) is 3.16. The minimum Gasteiger partial charge on any atom is -0.487 e. The van der Waals surface area contributed by atoms with Crippen molar-refractivity contribution in [3.63, 3.8) is 0 Å².